The normalized spacial score (nSPS) is 13.3. The zero-order valence-electron chi connectivity index (χ0n) is 10.6. The van der Waals surface area contributed by atoms with E-state index in [-0.39, 0.29) is 12.1 Å². The van der Waals surface area contributed by atoms with E-state index in [0.717, 1.165) is 12.1 Å². The molecular weight excluding hydrogens is 262 g/mol. The Bertz CT molecular complexity index is 400. The Labute approximate surface area is 109 Å². The van der Waals surface area contributed by atoms with Gasteiger partial charge in [0.05, 0.1) is 12.6 Å². The summed E-state index contributed by atoms with van der Waals surface area (Å²) in [5.41, 5.74) is -0.0863. The Hall–Kier alpha value is -1.14. The minimum Gasteiger partial charge on any atom is -0.387 e. The van der Waals surface area contributed by atoms with Gasteiger partial charge in [0.15, 0.2) is 0 Å². The minimum atomic E-state index is -2.52. The summed E-state index contributed by atoms with van der Waals surface area (Å²) >= 11 is 0. The van der Waals surface area contributed by atoms with Crippen LogP contribution in [0.15, 0.2) is 18.2 Å². The second kappa shape index (κ2) is 7.45. The van der Waals surface area contributed by atoms with Gasteiger partial charge in [0, 0.05) is 18.2 Å². The van der Waals surface area contributed by atoms with Gasteiger partial charge in [-0.05, 0) is 19.0 Å². The van der Waals surface area contributed by atoms with Crippen molar-refractivity contribution < 1.29 is 22.7 Å². The number of aliphatic hydroxyl groups excluding tert-OH is 1. The molecule has 0 amide bonds. The molecule has 0 saturated carbocycles. The smallest absolute Gasteiger partial charge is 0.251 e. The van der Waals surface area contributed by atoms with E-state index in [4.69, 9.17) is 0 Å². The first-order valence-electron chi connectivity index (χ1n) is 6.07. The zero-order chi connectivity index (χ0) is 14.4. The number of halogens is 4. The van der Waals surface area contributed by atoms with Gasteiger partial charge in [0.2, 0.25) is 0 Å². The Morgan fingerprint density at radius 3 is 2.42 bits per heavy atom. The van der Waals surface area contributed by atoms with Crippen LogP contribution in [0.1, 0.15) is 25.0 Å². The van der Waals surface area contributed by atoms with Crippen LogP contribution >= 0.6 is 0 Å². The summed E-state index contributed by atoms with van der Waals surface area (Å²) in [6.45, 7) is 1.61. The topological polar surface area (TPSA) is 23.5 Å². The molecular formula is C13H17F4NO. The second-order valence-electron chi connectivity index (χ2n) is 4.33. The molecule has 1 atom stereocenters. The second-order valence-corrected chi connectivity index (χ2v) is 4.33. The van der Waals surface area contributed by atoms with Crippen molar-refractivity contribution in [1.29, 1.82) is 0 Å². The lowest BCUT2D eigenvalue weighted by Gasteiger charge is -2.24. The number of rotatable bonds is 7. The monoisotopic (exact) mass is 279 g/mol. The molecule has 0 aromatic heterocycles. The van der Waals surface area contributed by atoms with Crippen LogP contribution < -0.4 is 0 Å². The summed E-state index contributed by atoms with van der Waals surface area (Å²) in [5.74, 6) is -1.62. The maximum Gasteiger partial charge on any atom is 0.251 e. The quantitative estimate of drug-likeness (QED) is 0.776. The van der Waals surface area contributed by atoms with Crippen LogP contribution in [0, 0.1) is 11.6 Å². The minimum absolute atomic E-state index is 0.0863. The molecule has 0 spiro atoms. The van der Waals surface area contributed by atoms with Crippen molar-refractivity contribution in [3.8, 4) is 0 Å². The van der Waals surface area contributed by atoms with Crippen LogP contribution in [0.5, 0.6) is 0 Å². The third-order valence-electron chi connectivity index (χ3n) is 2.69. The van der Waals surface area contributed by atoms with E-state index in [2.05, 4.69) is 0 Å². The predicted molar refractivity (Wildman–Crippen MR) is 64.1 cm³/mol. The molecule has 1 rings (SSSR count). The highest BCUT2D eigenvalue weighted by Crippen LogP contribution is 2.19. The Kier molecular flexibility index (Phi) is 6.24. The first-order valence-corrected chi connectivity index (χ1v) is 6.07. The zero-order valence-corrected chi connectivity index (χ0v) is 10.6. The van der Waals surface area contributed by atoms with Gasteiger partial charge in [0.25, 0.3) is 6.43 Å². The summed E-state index contributed by atoms with van der Waals surface area (Å²) in [6, 6.07) is 2.82. The van der Waals surface area contributed by atoms with E-state index in [1.807, 2.05) is 6.92 Å². The molecule has 2 nitrogen and oxygen atoms in total. The van der Waals surface area contributed by atoms with E-state index < -0.39 is 30.7 Å². The Balaban J connectivity index is 2.72. The summed E-state index contributed by atoms with van der Waals surface area (Å²) < 4.78 is 50.9. The van der Waals surface area contributed by atoms with Crippen molar-refractivity contribution in [2.45, 2.75) is 25.9 Å². The van der Waals surface area contributed by atoms with E-state index in [0.29, 0.717) is 19.0 Å². The number of nitrogens with zero attached hydrogens (tertiary/aromatic N) is 1. The van der Waals surface area contributed by atoms with Crippen molar-refractivity contribution in [1.82, 2.24) is 4.90 Å². The SMILES string of the molecule is CCCN(CC(F)F)CC(O)c1ccc(F)cc1F. The summed E-state index contributed by atoms with van der Waals surface area (Å²) in [6.07, 6.45) is -3.13. The average Bonchev–Trinajstić information content (AvgIpc) is 2.27. The van der Waals surface area contributed by atoms with Gasteiger partial charge in [-0.1, -0.05) is 13.0 Å². The third kappa shape index (κ3) is 5.16. The van der Waals surface area contributed by atoms with E-state index in [9.17, 15) is 22.7 Å². The Morgan fingerprint density at radius 1 is 1.21 bits per heavy atom. The van der Waals surface area contributed by atoms with E-state index in [1.165, 1.54) is 4.90 Å². The summed E-state index contributed by atoms with van der Waals surface area (Å²) in [7, 11) is 0. The maximum atomic E-state index is 13.4. The highest BCUT2D eigenvalue weighted by molar-refractivity contribution is 5.21. The summed E-state index contributed by atoms with van der Waals surface area (Å²) in [5, 5.41) is 9.85. The maximum absolute atomic E-state index is 13.4. The van der Waals surface area contributed by atoms with Crippen LogP contribution in [-0.2, 0) is 0 Å². The van der Waals surface area contributed by atoms with Crippen LogP contribution in [0.3, 0.4) is 0 Å². The lowest BCUT2D eigenvalue weighted by atomic mass is 10.1. The van der Waals surface area contributed by atoms with Gasteiger partial charge < -0.3 is 5.11 Å². The standard InChI is InChI=1S/C13H17F4NO/c1-2-5-18(8-13(16)17)7-12(19)10-4-3-9(14)6-11(10)15/h3-4,6,12-13,19H,2,5,7-8H2,1H3. The molecule has 19 heavy (non-hydrogen) atoms. The van der Waals surface area contributed by atoms with Crippen molar-refractivity contribution in [2.24, 2.45) is 0 Å². The van der Waals surface area contributed by atoms with Crippen molar-refractivity contribution >= 4 is 0 Å². The largest absolute Gasteiger partial charge is 0.387 e. The van der Waals surface area contributed by atoms with Gasteiger partial charge in [-0.15, -0.1) is 0 Å². The molecule has 1 N–H and O–H groups in total. The molecule has 108 valence electrons. The number of hydrogen-bond donors (Lipinski definition) is 1. The van der Waals surface area contributed by atoms with Crippen molar-refractivity contribution in [3.63, 3.8) is 0 Å². The molecule has 0 radical (unpaired) electrons. The van der Waals surface area contributed by atoms with Crippen LogP contribution in [0.25, 0.3) is 0 Å². The number of aliphatic hydroxyl groups is 1. The van der Waals surface area contributed by atoms with Crippen molar-refractivity contribution in [3.05, 3.63) is 35.4 Å². The highest BCUT2D eigenvalue weighted by Gasteiger charge is 2.19. The first kappa shape index (κ1) is 15.9. The molecule has 1 aromatic rings. The van der Waals surface area contributed by atoms with Gasteiger partial charge in [0.1, 0.15) is 11.6 Å². The molecule has 0 aliphatic carbocycles. The van der Waals surface area contributed by atoms with Gasteiger partial charge in [-0.3, -0.25) is 4.90 Å². The molecule has 0 fully saturated rings. The molecule has 6 heteroatoms. The average molecular weight is 279 g/mol. The van der Waals surface area contributed by atoms with E-state index in [1.54, 1.807) is 0 Å². The van der Waals surface area contributed by atoms with Crippen LogP contribution in [0.4, 0.5) is 17.6 Å². The molecule has 1 aromatic carbocycles. The predicted octanol–water partition coefficient (Wildman–Crippen LogP) is 2.98. The molecule has 0 aliphatic heterocycles. The first-order chi connectivity index (χ1) is 8.93. The molecule has 0 bridgehead atoms. The highest BCUT2D eigenvalue weighted by atomic mass is 19.3. The molecule has 0 heterocycles. The fourth-order valence-electron chi connectivity index (χ4n) is 1.88. The molecule has 0 aliphatic rings. The van der Waals surface area contributed by atoms with Crippen molar-refractivity contribution in [2.75, 3.05) is 19.6 Å². The lowest BCUT2D eigenvalue weighted by Crippen LogP contribution is -2.33. The fraction of sp³-hybridized carbons (Fsp3) is 0.538. The number of hydrogen-bond acceptors (Lipinski definition) is 2. The summed E-state index contributed by atoms with van der Waals surface area (Å²) in [4.78, 5) is 1.36. The van der Waals surface area contributed by atoms with Crippen LogP contribution in [0.2, 0.25) is 0 Å². The van der Waals surface area contributed by atoms with E-state index >= 15 is 0 Å². The number of alkyl halides is 2. The Morgan fingerprint density at radius 2 is 1.89 bits per heavy atom. The third-order valence-corrected chi connectivity index (χ3v) is 2.69. The fourth-order valence-corrected chi connectivity index (χ4v) is 1.88. The molecule has 0 saturated heterocycles. The van der Waals surface area contributed by atoms with Crippen LogP contribution in [-0.4, -0.2) is 36.1 Å². The van der Waals surface area contributed by atoms with Gasteiger partial charge >= 0.3 is 0 Å². The number of benzene rings is 1. The lowest BCUT2D eigenvalue weighted by molar-refractivity contribution is 0.0535. The van der Waals surface area contributed by atoms with Gasteiger partial charge in [-0.2, -0.15) is 0 Å². The molecule has 1 unspecified atom stereocenters. The van der Waals surface area contributed by atoms with Gasteiger partial charge in [-0.25, -0.2) is 17.6 Å².